The fraction of sp³-hybridized carbons (Fsp3) is 0.306. The number of aryl methyl sites for hydroxylation is 1. The van der Waals surface area contributed by atoms with Crippen molar-refractivity contribution in [3.63, 3.8) is 0 Å². The van der Waals surface area contributed by atoms with Gasteiger partial charge in [-0.05, 0) is 79.1 Å². The van der Waals surface area contributed by atoms with Gasteiger partial charge in [0.25, 0.3) is 0 Å². The van der Waals surface area contributed by atoms with Crippen molar-refractivity contribution < 1.29 is 14.4 Å². The number of primary amides is 1. The number of para-hydroxylation sites is 1. The normalized spacial score (nSPS) is 17.1. The molecule has 5 aromatic rings. The number of carbonyl (C=O) groups is 3. The van der Waals surface area contributed by atoms with Gasteiger partial charge in [-0.1, -0.05) is 36.4 Å². The van der Waals surface area contributed by atoms with Crippen LogP contribution in [0.2, 0.25) is 0 Å². The number of nitrogens with two attached hydrogens (primary N) is 1. The monoisotopic (exact) mass is 645 g/mol. The minimum absolute atomic E-state index is 0.142. The van der Waals surface area contributed by atoms with E-state index in [1.165, 1.54) is 0 Å². The van der Waals surface area contributed by atoms with Crippen molar-refractivity contribution in [1.29, 1.82) is 0 Å². The fourth-order valence-corrected chi connectivity index (χ4v) is 7.06. The van der Waals surface area contributed by atoms with Crippen molar-refractivity contribution in [3.8, 4) is 0 Å². The van der Waals surface area contributed by atoms with Crippen LogP contribution in [0.4, 0.5) is 10.5 Å². The van der Waals surface area contributed by atoms with E-state index >= 15 is 0 Å². The third-order valence-electron chi connectivity index (χ3n) is 9.35. The highest BCUT2D eigenvalue weighted by Gasteiger charge is 2.35. The number of piperidine rings is 1. The number of urea groups is 1. The predicted octanol–water partition coefficient (Wildman–Crippen LogP) is 4.47. The zero-order chi connectivity index (χ0) is 33.2. The van der Waals surface area contributed by atoms with Gasteiger partial charge in [-0.3, -0.25) is 19.6 Å². The molecule has 0 saturated carbocycles. The Morgan fingerprint density at radius 2 is 1.96 bits per heavy atom. The second-order valence-corrected chi connectivity index (χ2v) is 12.7. The molecule has 2 atom stereocenters. The maximum Gasteiger partial charge on any atom is 0.323 e. The number of aromatic nitrogens is 4. The summed E-state index contributed by atoms with van der Waals surface area (Å²) in [7, 11) is 0. The van der Waals surface area contributed by atoms with Gasteiger partial charge in [0, 0.05) is 42.1 Å². The van der Waals surface area contributed by atoms with Gasteiger partial charge in [-0.15, -0.1) is 0 Å². The smallest absolute Gasteiger partial charge is 0.323 e. The Morgan fingerprint density at radius 3 is 2.83 bits per heavy atom. The van der Waals surface area contributed by atoms with E-state index in [4.69, 9.17) is 10.7 Å². The van der Waals surface area contributed by atoms with Crippen LogP contribution in [0.3, 0.4) is 0 Å². The number of aromatic amines is 1. The average Bonchev–Trinajstić information content (AvgIpc) is 3.75. The molecule has 0 radical (unpaired) electrons. The molecule has 2 aliphatic rings. The Hall–Kier alpha value is -5.49. The lowest BCUT2D eigenvalue weighted by Gasteiger charge is -2.44. The average molecular weight is 646 g/mol. The molecule has 2 aromatic heterocycles. The maximum absolute atomic E-state index is 14.0. The Balaban J connectivity index is 1.14. The molecule has 12 nitrogen and oxygen atoms in total. The first kappa shape index (κ1) is 31.1. The Morgan fingerprint density at radius 1 is 1.08 bits per heavy atom. The van der Waals surface area contributed by atoms with Crippen LogP contribution >= 0.6 is 0 Å². The molecule has 0 bridgehead atoms. The van der Waals surface area contributed by atoms with E-state index < -0.39 is 11.9 Å². The number of hydrogen-bond donors (Lipinski definition) is 4. The van der Waals surface area contributed by atoms with Crippen molar-refractivity contribution >= 4 is 34.4 Å². The van der Waals surface area contributed by atoms with E-state index in [1.54, 1.807) is 24.5 Å². The van der Waals surface area contributed by atoms with E-state index in [0.29, 0.717) is 30.9 Å². The molecule has 4 amide bonds. The first-order valence-corrected chi connectivity index (χ1v) is 16.3. The minimum atomic E-state index is -0.486. The van der Waals surface area contributed by atoms with E-state index in [1.807, 2.05) is 59.0 Å². The molecule has 3 aromatic carbocycles. The molecule has 0 spiro atoms. The van der Waals surface area contributed by atoms with E-state index in [9.17, 15) is 14.4 Å². The van der Waals surface area contributed by atoms with Gasteiger partial charge in [-0.25, -0.2) is 9.78 Å². The molecule has 48 heavy (non-hydrogen) atoms. The Labute approximate surface area is 278 Å². The highest BCUT2D eigenvalue weighted by atomic mass is 16.2. The van der Waals surface area contributed by atoms with Gasteiger partial charge in [0.15, 0.2) is 0 Å². The lowest BCUT2D eigenvalue weighted by atomic mass is 10.0. The van der Waals surface area contributed by atoms with Gasteiger partial charge in [0.05, 0.1) is 37.0 Å². The third-order valence-corrected chi connectivity index (χ3v) is 9.35. The summed E-state index contributed by atoms with van der Waals surface area (Å²) in [6.07, 6.45) is 8.46. The number of fused-ring (bicyclic) bond motifs is 2. The predicted molar refractivity (Wildman–Crippen MR) is 182 cm³/mol. The maximum atomic E-state index is 14.0. The molecule has 0 aliphatic carbocycles. The summed E-state index contributed by atoms with van der Waals surface area (Å²) in [5, 5.41) is 14.6. The molecule has 2 unspecified atom stereocenters. The van der Waals surface area contributed by atoms with Crippen LogP contribution in [0.15, 0.2) is 79.3 Å². The summed E-state index contributed by atoms with van der Waals surface area (Å²) in [4.78, 5) is 47.7. The molecule has 1 saturated heterocycles. The molecule has 2 aliphatic heterocycles. The zero-order valence-corrected chi connectivity index (χ0v) is 26.9. The molecule has 5 N–H and O–H groups in total. The zero-order valence-electron chi connectivity index (χ0n) is 26.9. The van der Waals surface area contributed by atoms with Crippen molar-refractivity contribution in [2.75, 3.05) is 18.4 Å². The number of carbonyl (C=O) groups excluding carboxylic acids is 3. The molecule has 12 heteroatoms. The van der Waals surface area contributed by atoms with Gasteiger partial charge in [0.2, 0.25) is 11.8 Å². The van der Waals surface area contributed by atoms with Crippen LogP contribution in [0.25, 0.3) is 10.9 Å². The van der Waals surface area contributed by atoms with Crippen molar-refractivity contribution in [2.24, 2.45) is 5.73 Å². The summed E-state index contributed by atoms with van der Waals surface area (Å²) >= 11 is 0. The number of anilines is 1. The molecule has 7 rings (SSSR count). The Kier molecular flexibility index (Phi) is 8.64. The second-order valence-electron chi connectivity index (χ2n) is 12.7. The standard InChI is InChI=1S/C36H39N9O3/c1-23-15-25(17-28-19-39-42-33(23)28)18-30(35-38-12-14-44(35)20-24-7-6-9-26(16-24)34(37)47)40-31(46)22-43-13-5-4-11-32(43)45-21-27-8-2-3-10-29(27)41-36(45)48/h2-3,6-10,12,14-17,19,30,32H,4-5,11,13,18,20-22H2,1H3,(H2,37,47)(H,39,42)(H,40,46)(H,41,48). The quantitative estimate of drug-likeness (QED) is 0.176. The molecular weight excluding hydrogens is 606 g/mol. The molecule has 4 heterocycles. The number of rotatable bonds is 10. The highest BCUT2D eigenvalue weighted by molar-refractivity contribution is 5.93. The van der Waals surface area contributed by atoms with E-state index in [0.717, 1.165) is 64.7 Å². The number of H-pyrrole nitrogens is 1. The van der Waals surface area contributed by atoms with Gasteiger partial charge in [0.1, 0.15) is 5.82 Å². The van der Waals surface area contributed by atoms with Gasteiger partial charge >= 0.3 is 6.03 Å². The Bertz CT molecular complexity index is 1980. The van der Waals surface area contributed by atoms with Crippen LogP contribution in [-0.2, 0) is 24.3 Å². The summed E-state index contributed by atoms with van der Waals surface area (Å²) < 4.78 is 1.99. The SMILES string of the molecule is Cc1cc(CC(NC(=O)CN2CCCCC2N2Cc3ccccc3NC2=O)c2nccn2Cc2cccc(C(N)=O)c2)cc2cn[nH]c12. The molecule has 246 valence electrons. The summed E-state index contributed by atoms with van der Waals surface area (Å²) in [6.45, 7) is 3.85. The lowest BCUT2D eigenvalue weighted by Crippen LogP contribution is -2.57. The number of nitrogens with zero attached hydrogens (tertiary/aromatic N) is 5. The van der Waals surface area contributed by atoms with Crippen LogP contribution in [0, 0.1) is 6.92 Å². The van der Waals surface area contributed by atoms with Crippen LogP contribution in [-0.4, -0.2) is 66.6 Å². The topological polar surface area (TPSA) is 154 Å². The molecule has 1 fully saturated rings. The number of nitrogens with one attached hydrogen (secondary N) is 3. The van der Waals surface area contributed by atoms with E-state index in [-0.39, 0.29) is 24.6 Å². The summed E-state index contributed by atoms with van der Waals surface area (Å²) in [5.74, 6) is 0.0659. The van der Waals surface area contributed by atoms with Crippen molar-refractivity contribution in [1.82, 2.24) is 34.9 Å². The van der Waals surface area contributed by atoms with Crippen LogP contribution in [0.5, 0.6) is 0 Å². The number of hydrogen-bond acceptors (Lipinski definition) is 6. The van der Waals surface area contributed by atoms with Gasteiger partial charge in [-0.2, -0.15) is 5.10 Å². The van der Waals surface area contributed by atoms with Crippen LogP contribution < -0.4 is 16.4 Å². The van der Waals surface area contributed by atoms with Crippen molar-refractivity contribution in [3.05, 3.63) is 113 Å². The minimum Gasteiger partial charge on any atom is -0.366 e. The fourth-order valence-electron chi connectivity index (χ4n) is 7.06. The number of benzene rings is 3. The lowest BCUT2D eigenvalue weighted by molar-refractivity contribution is -0.125. The highest BCUT2D eigenvalue weighted by Crippen LogP contribution is 2.29. The van der Waals surface area contributed by atoms with E-state index in [2.05, 4.69) is 37.9 Å². The first-order valence-electron chi connectivity index (χ1n) is 16.3. The number of imidazole rings is 1. The third kappa shape index (κ3) is 6.52. The first-order chi connectivity index (χ1) is 23.3. The number of likely N-dealkylation sites (tertiary alicyclic amines) is 1. The second kappa shape index (κ2) is 13.3. The molecular formula is C36H39N9O3. The largest absolute Gasteiger partial charge is 0.366 e. The summed E-state index contributed by atoms with van der Waals surface area (Å²) in [5.41, 5.74) is 11.8. The van der Waals surface area contributed by atoms with Crippen LogP contribution in [0.1, 0.15) is 63.7 Å². The van der Waals surface area contributed by atoms with Gasteiger partial charge < -0.3 is 25.8 Å². The number of amides is 4. The summed E-state index contributed by atoms with van der Waals surface area (Å²) in [6, 6.07) is 18.7. The van der Waals surface area contributed by atoms with Crippen molar-refractivity contribution in [2.45, 2.75) is 57.9 Å².